The Morgan fingerprint density at radius 1 is 1.56 bits per heavy atom. The van der Waals surface area contributed by atoms with Crippen LogP contribution in [-0.4, -0.2) is 42.7 Å². The molecule has 0 radical (unpaired) electrons. The molecule has 1 fully saturated rings. The largest absolute Gasteiger partial charge is 0.370 e. The van der Waals surface area contributed by atoms with Gasteiger partial charge in [0.2, 0.25) is 5.91 Å². The normalized spacial score (nSPS) is 24.6. The summed E-state index contributed by atoms with van der Waals surface area (Å²) in [5.41, 5.74) is 5.27. The summed E-state index contributed by atoms with van der Waals surface area (Å²) in [6.45, 7) is 3.23. The summed E-state index contributed by atoms with van der Waals surface area (Å²) in [5, 5.41) is 3.73. The Hall–Kier alpha value is -0.260. The highest BCUT2D eigenvalue weighted by Gasteiger charge is 2.25. The van der Waals surface area contributed by atoms with Crippen LogP contribution in [0.15, 0.2) is 0 Å². The maximum atomic E-state index is 11.5. The van der Waals surface area contributed by atoms with Crippen molar-refractivity contribution >= 4 is 17.7 Å². The third-order valence-electron chi connectivity index (χ3n) is 2.65. The molecule has 1 amide bonds. The van der Waals surface area contributed by atoms with Gasteiger partial charge in [0.25, 0.3) is 0 Å². The molecular formula is C11H22N2O2S. The average Bonchev–Trinajstić information content (AvgIpc) is 2.66. The minimum atomic E-state index is -0.0133. The number of amides is 1. The maximum Gasteiger partial charge on any atom is 0.246 e. The third-order valence-corrected chi connectivity index (χ3v) is 3.88. The smallest absolute Gasteiger partial charge is 0.246 e. The number of ether oxygens (including phenoxy) is 1. The molecule has 94 valence electrons. The van der Waals surface area contributed by atoms with E-state index in [0.717, 1.165) is 23.8 Å². The first-order valence-corrected chi connectivity index (χ1v) is 7.00. The zero-order valence-corrected chi connectivity index (χ0v) is 10.7. The second kappa shape index (κ2) is 7.92. The van der Waals surface area contributed by atoms with Crippen molar-refractivity contribution in [2.45, 2.75) is 37.5 Å². The molecule has 0 aliphatic heterocycles. The molecule has 1 aliphatic carbocycles. The van der Waals surface area contributed by atoms with E-state index in [1.807, 2.05) is 11.8 Å². The van der Waals surface area contributed by atoms with E-state index in [1.165, 1.54) is 6.42 Å². The lowest BCUT2D eigenvalue weighted by Crippen LogP contribution is -2.36. The lowest BCUT2D eigenvalue weighted by Gasteiger charge is -2.13. The summed E-state index contributed by atoms with van der Waals surface area (Å²) >= 11 is 1.99. The van der Waals surface area contributed by atoms with Gasteiger partial charge in [-0.15, -0.1) is 0 Å². The molecule has 0 aromatic rings. The fraction of sp³-hybridized carbons (Fsp3) is 0.909. The molecule has 0 aromatic heterocycles. The summed E-state index contributed by atoms with van der Waals surface area (Å²) in [5.74, 6) is 1.14. The molecule has 2 atom stereocenters. The predicted octanol–water partition coefficient (Wildman–Crippen LogP) is 0.752. The molecule has 1 aliphatic rings. The van der Waals surface area contributed by atoms with Crippen molar-refractivity contribution < 1.29 is 9.53 Å². The lowest BCUT2D eigenvalue weighted by molar-refractivity contribution is -0.126. The fourth-order valence-electron chi connectivity index (χ4n) is 1.98. The maximum absolute atomic E-state index is 11.5. The van der Waals surface area contributed by atoms with Crippen LogP contribution in [0.2, 0.25) is 0 Å². The van der Waals surface area contributed by atoms with Gasteiger partial charge in [-0.05, 0) is 25.0 Å². The van der Waals surface area contributed by atoms with Gasteiger partial charge in [-0.2, -0.15) is 11.8 Å². The summed E-state index contributed by atoms with van der Waals surface area (Å²) in [7, 11) is 0. The molecule has 1 saturated carbocycles. The number of hydrogen-bond donors (Lipinski definition) is 2. The van der Waals surface area contributed by atoms with Gasteiger partial charge >= 0.3 is 0 Å². The fourth-order valence-corrected chi connectivity index (χ4v) is 3.12. The molecule has 4 nitrogen and oxygen atoms in total. The Labute approximate surface area is 102 Å². The Bertz CT molecular complexity index is 214. The minimum absolute atomic E-state index is 0.0133. The summed E-state index contributed by atoms with van der Waals surface area (Å²) < 4.78 is 5.09. The molecule has 0 bridgehead atoms. The van der Waals surface area contributed by atoms with Gasteiger partial charge in [-0.3, -0.25) is 4.79 Å². The van der Waals surface area contributed by atoms with Gasteiger partial charge in [0.15, 0.2) is 0 Å². The van der Waals surface area contributed by atoms with Crippen LogP contribution in [0.1, 0.15) is 26.2 Å². The van der Waals surface area contributed by atoms with Crippen LogP contribution in [0.25, 0.3) is 0 Å². The van der Waals surface area contributed by atoms with Crippen LogP contribution in [0, 0.1) is 0 Å². The van der Waals surface area contributed by atoms with Gasteiger partial charge in [0, 0.05) is 17.8 Å². The van der Waals surface area contributed by atoms with Crippen LogP contribution in [-0.2, 0) is 9.53 Å². The van der Waals surface area contributed by atoms with E-state index < -0.39 is 0 Å². The molecule has 5 heteroatoms. The van der Waals surface area contributed by atoms with Crippen LogP contribution in [0.5, 0.6) is 0 Å². The van der Waals surface area contributed by atoms with E-state index in [9.17, 15) is 4.79 Å². The van der Waals surface area contributed by atoms with Crippen LogP contribution >= 0.6 is 11.8 Å². The first-order chi connectivity index (χ1) is 7.76. The molecule has 1 rings (SSSR count). The van der Waals surface area contributed by atoms with E-state index in [1.54, 1.807) is 0 Å². The lowest BCUT2D eigenvalue weighted by atomic mass is 10.2. The third kappa shape index (κ3) is 5.18. The number of hydrogen-bond acceptors (Lipinski definition) is 4. The van der Waals surface area contributed by atoms with Crippen molar-refractivity contribution in [1.29, 1.82) is 0 Å². The SMILES string of the molecule is CCSC1CCC(NC(=O)COCCN)C1. The van der Waals surface area contributed by atoms with Crippen molar-refractivity contribution in [1.82, 2.24) is 5.32 Å². The summed E-state index contributed by atoms with van der Waals surface area (Å²) in [4.78, 5) is 11.5. The zero-order chi connectivity index (χ0) is 11.8. The molecule has 0 aromatic carbocycles. The van der Waals surface area contributed by atoms with E-state index >= 15 is 0 Å². The highest BCUT2D eigenvalue weighted by molar-refractivity contribution is 7.99. The Morgan fingerprint density at radius 3 is 3.06 bits per heavy atom. The number of rotatable bonds is 7. The van der Waals surface area contributed by atoms with E-state index in [2.05, 4.69) is 12.2 Å². The first kappa shape index (κ1) is 13.8. The van der Waals surface area contributed by atoms with Gasteiger partial charge in [-0.1, -0.05) is 6.92 Å². The quantitative estimate of drug-likeness (QED) is 0.651. The van der Waals surface area contributed by atoms with Crippen LogP contribution in [0.4, 0.5) is 0 Å². The monoisotopic (exact) mass is 246 g/mol. The zero-order valence-electron chi connectivity index (χ0n) is 9.91. The van der Waals surface area contributed by atoms with E-state index in [4.69, 9.17) is 10.5 Å². The number of carbonyl (C=O) groups excluding carboxylic acids is 1. The number of nitrogens with one attached hydrogen (secondary N) is 1. The van der Waals surface area contributed by atoms with Crippen molar-refractivity contribution in [3.05, 3.63) is 0 Å². The van der Waals surface area contributed by atoms with Crippen molar-refractivity contribution in [3.63, 3.8) is 0 Å². The second-order valence-electron chi connectivity index (χ2n) is 4.00. The Morgan fingerprint density at radius 2 is 2.38 bits per heavy atom. The molecule has 2 unspecified atom stereocenters. The standard InChI is InChI=1S/C11H22N2O2S/c1-2-16-10-4-3-9(7-10)13-11(14)8-15-6-5-12/h9-10H,2-8,12H2,1H3,(H,13,14). The Kier molecular flexibility index (Phi) is 6.84. The second-order valence-corrected chi connectivity index (χ2v) is 5.57. The highest BCUT2D eigenvalue weighted by Crippen LogP contribution is 2.29. The molecule has 0 spiro atoms. The topological polar surface area (TPSA) is 64.3 Å². The minimum Gasteiger partial charge on any atom is -0.370 e. The molecular weight excluding hydrogens is 224 g/mol. The summed E-state index contributed by atoms with van der Waals surface area (Å²) in [6, 6.07) is 0.345. The van der Waals surface area contributed by atoms with Crippen molar-refractivity contribution in [3.8, 4) is 0 Å². The van der Waals surface area contributed by atoms with Crippen LogP contribution in [0.3, 0.4) is 0 Å². The molecule has 0 saturated heterocycles. The van der Waals surface area contributed by atoms with Crippen molar-refractivity contribution in [2.24, 2.45) is 5.73 Å². The number of thioether (sulfide) groups is 1. The van der Waals surface area contributed by atoms with Gasteiger partial charge in [-0.25, -0.2) is 0 Å². The van der Waals surface area contributed by atoms with E-state index in [-0.39, 0.29) is 12.5 Å². The molecule has 0 heterocycles. The highest BCUT2D eigenvalue weighted by atomic mass is 32.2. The molecule has 3 N–H and O–H groups in total. The van der Waals surface area contributed by atoms with Gasteiger partial charge in [0.1, 0.15) is 6.61 Å². The van der Waals surface area contributed by atoms with Crippen LogP contribution < -0.4 is 11.1 Å². The number of carbonyl (C=O) groups is 1. The van der Waals surface area contributed by atoms with Crippen molar-refractivity contribution in [2.75, 3.05) is 25.5 Å². The Balaban J connectivity index is 2.11. The molecule has 16 heavy (non-hydrogen) atoms. The number of nitrogens with two attached hydrogens (primary N) is 1. The average molecular weight is 246 g/mol. The first-order valence-electron chi connectivity index (χ1n) is 5.95. The van der Waals surface area contributed by atoms with Gasteiger partial charge < -0.3 is 15.8 Å². The van der Waals surface area contributed by atoms with Gasteiger partial charge in [0.05, 0.1) is 6.61 Å². The predicted molar refractivity (Wildman–Crippen MR) is 67.6 cm³/mol. The van der Waals surface area contributed by atoms with E-state index in [0.29, 0.717) is 19.2 Å². The summed E-state index contributed by atoms with van der Waals surface area (Å²) in [6.07, 6.45) is 3.41.